The van der Waals surface area contributed by atoms with Crippen LogP contribution in [-0.2, 0) is 11.2 Å². The average Bonchev–Trinajstić information content (AvgIpc) is 2.74. The van der Waals surface area contributed by atoms with Gasteiger partial charge < -0.3 is 9.67 Å². The Balaban J connectivity index is 2.34. The molecule has 0 amide bonds. The summed E-state index contributed by atoms with van der Waals surface area (Å²) in [4.78, 5) is 11.2. The van der Waals surface area contributed by atoms with Crippen LogP contribution in [0.3, 0.4) is 0 Å². The molecule has 0 spiro atoms. The van der Waals surface area contributed by atoms with Crippen LogP contribution in [0.1, 0.15) is 18.2 Å². The van der Waals surface area contributed by atoms with Crippen molar-refractivity contribution in [2.75, 3.05) is 0 Å². The number of halogens is 1. The lowest BCUT2D eigenvalue weighted by Crippen LogP contribution is -2.14. The molecule has 2 aromatic rings. The molecule has 1 N–H and O–H groups in total. The summed E-state index contributed by atoms with van der Waals surface area (Å²) in [5.74, 6) is -0.744. The van der Waals surface area contributed by atoms with E-state index in [4.69, 9.17) is 0 Å². The lowest BCUT2D eigenvalue weighted by atomic mass is 10.1. The van der Waals surface area contributed by atoms with E-state index in [9.17, 15) is 9.90 Å². The highest BCUT2D eigenvalue weighted by Gasteiger charge is 2.30. The van der Waals surface area contributed by atoms with Crippen LogP contribution in [-0.4, -0.2) is 15.6 Å². The van der Waals surface area contributed by atoms with Crippen LogP contribution in [0.15, 0.2) is 28.7 Å². The second-order valence-corrected chi connectivity index (χ2v) is 4.93. The van der Waals surface area contributed by atoms with E-state index < -0.39 is 12.0 Å². The Kier molecular flexibility index (Phi) is 2.07. The maximum atomic E-state index is 11.2. The monoisotopic (exact) mass is 279 g/mol. The van der Waals surface area contributed by atoms with Crippen molar-refractivity contribution in [3.63, 3.8) is 0 Å². The molecule has 1 aromatic heterocycles. The van der Waals surface area contributed by atoms with Gasteiger partial charge in [-0.15, -0.1) is 0 Å². The fourth-order valence-corrected chi connectivity index (χ4v) is 3.06. The van der Waals surface area contributed by atoms with Crippen molar-refractivity contribution in [1.82, 2.24) is 4.57 Å². The van der Waals surface area contributed by atoms with Gasteiger partial charge in [0.2, 0.25) is 0 Å². The van der Waals surface area contributed by atoms with Gasteiger partial charge in [0.15, 0.2) is 0 Å². The van der Waals surface area contributed by atoms with Crippen LogP contribution in [0.5, 0.6) is 0 Å². The van der Waals surface area contributed by atoms with Crippen molar-refractivity contribution in [1.29, 1.82) is 0 Å². The third-order valence-electron chi connectivity index (χ3n) is 3.16. The van der Waals surface area contributed by atoms with Gasteiger partial charge in [0.25, 0.3) is 0 Å². The summed E-state index contributed by atoms with van der Waals surface area (Å²) in [7, 11) is 0. The summed E-state index contributed by atoms with van der Waals surface area (Å²) < 4.78 is 2.91. The van der Waals surface area contributed by atoms with Crippen LogP contribution in [0.2, 0.25) is 0 Å². The zero-order chi connectivity index (χ0) is 11.3. The topological polar surface area (TPSA) is 42.2 Å². The first-order chi connectivity index (χ1) is 7.68. The molecule has 1 unspecified atom stereocenters. The van der Waals surface area contributed by atoms with E-state index in [1.807, 2.05) is 22.8 Å². The lowest BCUT2D eigenvalue weighted by Gasteiger charge is -2.10. The predicted molar refractivity (Wildman–Crippen MR) is 64.6 cm³/mol. The maximum Gasteiger partial charge on any atom is 0.326 e. The van der Waals surface area contributed by atoms with E-state index in [-0.39, 0.29) is 0 Å². The minimum Gasteiger partial charge on any atom is -0.480 e. The number of carboxylic acids is 1. The number of carbonyl (C=O) groups is 1. The molecule has 0 bridgehead atoms. The average molecular weight is 280 g/mol. The first-order valence-corrected chi connectivity index (χ1v) is 5.99. The molecule has 16 heavy (non-hydrogen) atoms. The number of benzene rings is 1. The van der Waals surface area contributed by atoms with E-state index >= 15 is 0 Å². The van der Waals surface area contributed by atoms with Crippen LogP contribution in [0, 0.1) is 0 Å². The number of carboxylic acid groups (broad SMARTS) is 1. The summed E-state index contributed by atoms with van der Waals surface area (Å²) in [6.45, 7) is 0. The van der Waals surface area contributed by atoms with E-state index in [1.54, 1.807) is 0 Å². The Morgan fingerprint density at radius 3 is 3.06 bits per heavy atom. The minimum absolute atomic E-state index is 0.411. The summed E-state index contributed by atoms with van der Waals surface area (Å²) in [5, 5.41) is 10.3. The zero-order valence-corrected chi connectivity index (χ0v) is 10.1. The molecule has 3 rings (SSSR count). The third kappa shape index (κ3) is 1.23. The molecule has 2 heterocycles. The molecular weight excluding hydrogens is 270 g/mol. The van der Waals surface area contributed by atoms with Crippen LogP contribution in [0.4, 0.5) is 0 Å². The maximum absolute atomic E-state index is 11.2. The van der Waals surface area contributed by atoms with E-state index in [1.165, 1.54) is 0 Å². The Morgan fingerprint density at radius 2 is 2.31 bits per heavy atom. The number of fused-ring (bicyclic) bond motifs is 3. The van der Waals surface area contributed by atoms with Gasteiger partial charge in [-0.3, -0.25) is 0 Å². The van der Waals surface area contributed by atoms with Crippen molar-refractivity contribution >= 4 is 32.8 Å². The van der Waals surface area contributed by atoms with Gasteiger partial charge in [-0.1, -0.05) is 12.1 Å². The number of aromatic nitrogens is 1. The number of para-hydroxylation sites is 1. The molecule has 1 aliphatic heterocycles. The quantitative estimate of drug-likeness (QED) is 0.872. The van der Waals surface area contributed by atoms with E-state index in [0.29, 0.717) is 6.42 Å². The largest absolute Gasteiger partial charge is 0.480 e. The SMILES string of the molecule is O=C(O)C1CCc2cc3cccc(Br)c3n21. The van der Waals surface area contributed by atoms with Crippen molar-refractivity contribution in [3.8, 4) is 0 Å². The van der Waals surface area contributed by atoms with Gasteiger partial charge in [-0.25, -0.2) is 4.79 Å². The first-order valence-electron chi connectivity index (χ1n) is 5.19. The van der Waals surface area contributed by atoms with Crippen molar-refractivity contribution in [2.24, 2.45) is 0 Å². The van der Waals surface area contributed by atoms with Crippen LogP contribution in [0.25, 0.3) is 10.9 Å². The number of aliphatic carboxylic acids is 1. The number of hydrogen-bond acceptors (Lipinski definition) is 1. The summed E-state index contributed by atoms with van der Waals surface area (Å²) in [6, 6.07) is 7.61. The standard InChI is InChI=1S/C12H10BrNO2/c13-9-3-1-2-7-6-8-4-5-10(12(15)16)14(8)11(7)9/h1-3,6,10H,4-5H2,(H,15,16). The van der Waals surface area contributed by atoms with Gasteiger partial charge in [0.1, 0.15) is 6.04 Å². The van der Waals surface area contributed by atoms with Crippen LogP contribution < -0.4 is 0 Å². The summed E-state index contributed by atoms with van der Waals surface area (Å²) in [5.41, 5.74) is 2.12. The zero-order valence-electron chi connectivity index (χ0n) is 8.48. The minimum atomic E-state index is -0.744. The van der Waals surface area contributed by atoms with Crippen molar-refractivity contribution < 1.29 is 9.90 Å². The van der Waals surface area contributed by atoms with Gasteiger partial charge in [0.05, 0.1) is 5.52 Å². The first kappa shape index (κ1) is 9.90. The Labute approximate surface area is 101 Å². The fraction of sp³-hybridized carbons (Fsp3) is 0.250. The molecule has 1 atom stereocenters. The highest BCUT2D eigenvalue weighted by atomic mass is 79.9. The molecule has 0 saturated heterocycles. The van der Waals surface area contributed by atoms with Gasteiger partial charge in [-0.05, 0) is 40.9 Å². The van der Waals surface area contributed by atoms with Crippen molar-refractivity contribution in [2.45, 2.75) is 18.9 Å². The highest BCUT2D eigenvalue weighted by molar-refractivity contribution is 9.10. The van der Waals surface area contributed by atoms with E-state index in [2.05, 4.69) is 22.0 Å². The number of nitrogens with zero attached hydrogens (tertiary/aromatic N) is 1. The second-order valence-electron chi connectivity index (χ2n) is 4.08. The molecule has 0 fully saturated rings. The summed E-state index contributed by atoms with van der Waals surface area (Å²) in [6.07, 6.45) is 1.54. The highest BCUT2D eigenvalue weighted by Crippen LogP contribution is 2.36. The lowest BCUT2D eigenvalue weighted by molar-refractivity contribution is -0.140. The van der Waals surface area contributed by atoms with Gasteiger partial charge in [0, 0.05) is 15.6 Å². The van der Waals surface area contributed by atoms with E-state index in [0.717, 1.165) is 27.5 Å². The predicted octanol–water partition coefficient (Wildman–Crippen LogP) is 2.98. The molecule has 82 valence electrons. The molecule has 3 nitrogen and oxygen atoms in total. The summed E-state index contributed by atoms with van der Waals surface area (Å²) >= 11 is 3.49. The molecule has 0 aliphatic carbocycles. The number of hydrogen-bond donors (Lipinski definition) is 1. The van der Waals surface area contributed by atoms with Crippen LogP contribution >= 0.6 is 15.9 Å². The molecular formula is C12H10BrNO2. The Bertz CT molecular complexity index is 588. The normalized spacial score (nSPS) is 18.9. The molecule has 0 saturated carbocycles. The molecule has 0 radical (unpaired) electrons. The number of rotatable bonds is 1. The third-order valence-corrected chi connectivity index (χ3v) is 3.80. The fourth-order valence-electron chi connectivity index (χ4n) is 2.49. The molecule has 4 heteroatoms. The Morgan fingerprint density at radius 1 is 1.50 bits per heavy atom. The molecule has 1 aliphatic rings. The Hall–Kier alpha value is -1.29. The van der Waals surface area contributed by atoms with Gasteiger partial charge in [-0.2, -0.15) is 0 Å². The smallest absolute Gasteiger partial charge is 0.326 e. The van der Waals surface area contributed by atoms with Gasteiger partial charge >= 0.3 is 5.97 Å². The van der Waals surface area contributed by atoms with Crippen molar-refractivity contribution in [3.05, 3.63) is 34.4 Å². The number of aryl methyl sites for hydroxylation is 1. The second kappa shape index (κ2) is 3.35. The molecule has 1 aromatic carbocycles.